The normalized spacial score (nSPS) is 19.0. The van der Waals surface area contributed by atoms with Crippen molar-refractivity contribution in [2.24, 2.45) is 5.92 Å². The van der Waals surface area contributed by atoms with Crippen LogP contribution < -0.4 is 9.47 Å². The molecule has 0 amide bonds. The third-order valence-corrected chi connectivity index (χ3v) is 7.82. The fourth-order valence-electron chi connectivity index (χ4n) is 5.95. The number of ether oxygens (including phenoxy) is 2. The first-order valence-electron chi connectivity index (χ1n) is 12.8. The minimum absolute atomic E-state index is 0. The van der Waals surface area contributed by atoms with E-state index < -0.39 is 0 Å². The minimum atomic E-state index is 0. The number of hydrogen-bond donors (Lipinski definition) is 0. The summed E-state index contributed by atoms with van der Waals surface area (Å²) >= 11 is 0. The maximum atomic E-state index is 5.56. The number of aryl methyl sites for hydroxylation is 1. The summed E-state index contributed by atoms with van der Waals surface area (Å²) in [6.07, 6.45) is 5.06. The summed E-state index contributed by atoms with van der Waals surface area (Å²) in [5.74, 6) is 2.41. The first-order valence-corrected chi connectivity index (χ1v) is 12.8. The molecule has 3 aromatic rings. The number of benzene rings is 3. The molecular weight excluding hydrogens is 456 g/mol. The molecule has 1 saturated heterocycles. The first-order chi connectivity index (χ1) is 16.6. The van der Waals surface area contributed by atoms with E-state index in [1.54, 1.807) is 14.2 Å². The van der Waals surface area contributed by atoms with Crippen molar-refractivity contribution in [1.82, 2.24) is 9.80 Å². The van der Waals surface area contributed by atoms with Gasteiger partial charge in [-0.15, -0.1) is 12.4 Å². The third kappa shape index (κ3) is 5.77. The van der Waals surface area contributed by atoms with Gasteiger partial charge in [-0.3, -0.25) is 9.80 Å². The maximum Gasteiger partial charge on any atom is 0.161 e. The summed E-state index contributed by atoms with van der Waals surface area (Å²) in [6, 6.07) is 17.8. The topological polar surface area (TPSA) is 24.9 Å². The molecule has 5 heteroatoms. The molecule has 3 aromatic carbocycles. The number of hydrogen-bond acceptors (Lipinski definition) is 4. The van der Waals surface area contributed by atoms with Crippen LogP contribution in [-0.2, 0) is 19.5 Å². The van der Waals surface area contributed by atoms with Crippen LogP contribution in [0.1, 0.15) is 41.5 Å². The van der Waals surface area contributed by atoms with Crippen molar-refractivity contribution in [1.29, 1.82) is 0 Å². The molecule has 0 N–H and O–H groups in total. The Morgan fingerprint density at radius 1 is 0.886 bits per heavy atom. The molecule has 0 radical (unpaired) electrons. The van der Waals surface area contributed by atoms with Crippen LogP contribution in [0.25, 0.3) is 10.8 Å². The van der Waals surface area contributed by atoms with Crippen LogP contribution in [0.2, 0.25) is 0 Å². The number of nitrogens with zero attached hydrogens (tertiary/aromatic N) is 2. The van der Waals surface area contributed by atoms with Crippen LogP contribution in [0.4, 0.5) is 0 Å². The van der Waals surface area contributed by atoms with Crippen molar-refractivity contribution in [3.05, 3.63) is 70.8 Å². The van der Waals surface area contributed by atoms with Gasteiger partial charge in [0.1, 0.15) is 0 Å². The quantitative estimate of drug-likeness (QED) is 0.404. The molecule has 2 aliphatic rings. The Labute approximate surface area is 216 Å². The molecule has 1 atom stereocenters. The molecule has 1 fully saturated rings. The van der Waals surface area contributed by atoms with E-state index in [0.717, 1.165) is 43.5 Å². The van der Waals surface area contributed by atoms with Gasteiger partial charge >= 0.3 is 0 Å². The van der Waals surface area contributed by atoms with Crippen LogP contribution in [0.15, 0.2) is 48.5 Å². The fraction of sp³-hybridized carbons (Fsp3) is 0.467. The Kier molecular flexibility index (Phi) is 8.59. The number of methoxy groups -OCH3 is 2. The van der Waals surface area contributed by atoms with Gasteiger partial charge in [-0.2, -0.15) is 0 Å². The second-order valence-electron chi connectivity index (χ2n) is 10.1. The van der Waals surface area contributed by atoms with Crippen molar-refractivity contribution in [3.63, 3.8) is 0 Å². The summed E-state index contributed by atoms with van der Waals surface area (Å²) < 4.78 is 11.1. The first kappa shape index (κ1) is 25.8. The van der Waals surface area contributed by atoms with Gasteiger partial charge in [-0.25, -0.2) is 0 Å². The second-order valence-corrected chi connectivity index (χ2v) is 10.1. The number of likely N-dealkylation sites (tertiary alicyclic amines) is 1. The van der Waals surface area contributed by atoms with Gasteiger partial charge in [0.2, 0.25) is 0 Å². The SMILES string of the molecule is COc1cc2c(cc1OC)CN(CC1CCCCN(Cc3c(C)ccc4ccccc34)C1)CC2.Cl. The Morgan fingerprint density at radius 3 is 2.46 bits per heavy atom. The van der Waals surface area contributed by atoms with Gasteiger partial charge in [0.25, 0.3) is 0 Å². The van der Waals surface area contributed by atoms with Gasteiger partial charge < -0.3 is 9.47 Å². The standard InChI is InChI=1S/C30H38N2O2.ClH/c1-22-11-12-24-9-4-5-10-27(24)28(22)21-31-14-7-6-8-23(18-31)19-32-15-13-25-16-29(33-2)30(34-3)17-26(25)20-32;/h4-5,9-12,16-17,23H,6-8,13-15,18-21H2,1-3H3;1H. The third-order valence-electron chi connectivity index (χ3n) is 7.82. The monoisotopic (exact) mass is 494 g/mol. The Balaban J connectivity index is 0.00000289. The zero-order chi connectivity index (χ0) is 23.5. The van der Waals surface area contributed by atoms with Crippen molar-refractivity contribution in [3.8, 4) is 11.5 Å². The van der Waals surface area contributed by atoms with E-state index in [1.807, 2.05) is 0 Å². The van der Waals surface area contributed by atoms with Crippen molar-refractivity contribution >= 4 is 23.2 Å². The number of fused-ring (bicyclic) bond motifs is 2. The Hall–Kier alpha value is -2.27. The van der Waals surface area contributed by atoms with E-state index >= 15 is 0 Å². The predicted octanol–water partition coefficient (Wildman–Crippen LogP) is 6.25. The average Bonchev–Trinajstić information content (AvgIpc) is 3.09. The van der Waals surface area contributed by atoms with Crippen LogP contribution in [0, 0.1) is 12.8 Å². The molecule has 0 aromatic heterocycles. The summed E-state index contributed by atoms with van der Waals surface area (Å²) in [6.45, 7) is 9.04. The highest BCUT2D eigenvalue weighted by Crippen LogP contribution is 2.34. The molecule has 2 heterocycles. The average molecular weight is 495 g/mol. The van der Waals surface area contributed by atoms with Gasteiger partial charge in [0.05, 0.1) is 14.2 Å². The minimum Gasteiger partial charge on any atom is -0.493 e. The zero-order valence-corrected chi connectivity index (χ0v) is 22.2. The molecule has 0 spiro atoms. The molecule has 0 saturated carbocycles. The fourth-order valence-corrected chi connectivity index (χ4v) is 5.95. The van der Waals surface area contributed by atoms with Gasteiger partial charge in [-0.05, 0) is 83.8 Å². The summed E-state index contributed by atoms with van der Waals surface area (Å²) in [4.78, 5) is 5.38. The van der Waals surface area contributed by atoms with E-state index in [-0.39, 0.29) is 12.4 Å². The number of halogens is 1. The van der Waals surface area contributed by atoms with E-state index in [4.69, 9.17) is 9.47 Å². The molecule has 5 rings (SSSR count). The molecule has 1 unspecified atom stereocenters. The largest absolute Gasteiger partial charge is 0.493 e. The Morgan fingerprint density at radius 2 is 1.66 bits per heavy atom. The van der Waals surface area contributed by atoms with Crippen LogP contribution in [0.3, 0.4) is 0 Å². The Bertz CT molecular complexity index is 1150. The lowest BCUT2D eigenvalue weighted by Gasteiger charge is -2.33. The van der Waals surface area contributed by atoms with E-state index in [0.29, 0.717) is 0 Å². The molecule has 4 nitrogen and oxygen atoms in total. The van der Waals surface area contributed by atoms with Crippen molar-refractivity contribution in [2.75, 3.05) is 40.4 Å². The summed E-state index contributed by atoms with van der Waals surface area (Å²) in [5.41, 5.74) is 5.71. The van der Waals surface area contributed by atoms with E-state index in [9.17, 15) is 0 Å². The van der Waals surface area contributed by atoms with Crippen LogP contribution >= 0.6 is 12.4 Å². The highest BCUT2D eigenvalue weighted by atomic mass is 35.5. The molecule has 0 aliphatic carbocycles. The zero-order valence-electron chi connectivity index (χ0n) is 21.4. The lowest BCUT2D eigenvalue weighted by molar-refractivity contribution is 0.170. The highest BCUT2D eigenvalue weighted by Gasteiger charge is 2.25. The molecular formula is C30H39ClN2O2. The van der Waals surface area contributed by atoms with Gasteiger partial charge in [-0.1, -0.05) is 42.8 Å². The molecule has 35 heavy (non-hydrogen) atoms. The highest BCUT2D eigenvalue weighted by molar-refractivity contribution is 5.86. The molecule has 2 aliphatic heterocycles. The van der Waals surface area contributed by atoms with E-state index in [1.165, 1.54) is 71.9 Å². The van der Waals surface area contributed by atoms with Crippen LogP contribution in [0.5, 0.6) is 11.5 Å². The van der Waals surface area contributed by atoms with Gasteiger partial charge in [0.15, 0.2) is 11.5 Å². The summed E-state index contributed by atoms with van der Waals surface area (Å²) in [7, 11) is 3.44. The van der Waals surface area contributed by atoms with Crippen molar-refractivity contribution in [2.45, 2.75) is 45.7 Å². The van der Waals surface area contributed by atoms with E-state index in [2.05, 4.69) is 65.3 Å². The smallest absolute Gasteiger partial charge is 0.161 e. The van der Waals surface area contributed by atoms with Crippen LogP contribution in [-0.4, -0.2) is 50.2 Å². The maximum absolute atomic E-state index is 5.56. The predicted molar refractivity (Wildman–Crippen MR) is 147 cm³/mol. The lowest BCUT2D eigenvalue weighted by Crippen LogP contribution is -2.38. The second kappa shape index (κ2) is 11.6. The van der Waals surface area contributed by atoms with Crippen molar-refractivity contribution < 1.29 is 9.47 Å². The summed E-state index contributed by atoms with van der Waals surface area (Å²) in [5, 5.41) is 2.77. The van der Waals surface area contributed by atoms with Gasteiger partial charge in [0, 0.05) is 32.7 Å². The molecule has 0 bridgehead atoms. The number of rotatable bonds is 6. The molecule has 188 valence electrons. The lowest BCUT2D eigenvalue weighted by atomic mass is 9.96.